The van der Waals surface area contributed by atoms with Gasteiger partial charge in [-0.05, 0) is 14.1 Å². The van der Waals surface area contributed by atoms with Crippen molar-refractivity contribution in [1.82, 2.24) is 14.9 Å². The molecule has 5 heteroatoms. The first kappa shape index (κ1) is 10.4. The van der Waals surface area contributed by atoms with Gasteiger partial charge in [-0.2, -0.15) is 5.26 Å². The van der Waals surface area contributed by atoms with Crippen LogP contribution in [0.3, 0.4) is 0 Å². The minimum absolute atomic E-state index is 0.296. The normalized spacial score (nSPS) is 9.86. The molecular formula is C9H12N4O. The average Bonchev–Trinajstić information content (AvgIpc) is 2.18. The maximum atomic E-state index is 8.48. The SMILES string of the molecule is CN(C)CCOc1cnc(C#N)cn1. The van der Waals surface area contributed by atoms with E-state index in [0.717, 1.165) is 6.54 Å². The van der Waals surface area contributed by atoms with E-state index in [4.69, 9.17) is 10.00 Å². The number of ether oxygens (including phenoxy) is 1. The third-order valence-electron chi connectivity index (χ3n) is 1.53. The van der Waals surface area contributed by atoms with Gasteiger partial charge in [-0.25, -0.2) is 9.97 Å². The van der Waals surface area contributed by atoms with E-state index < -0.39 is 0 Å². The van der Waals surface area contributed by atoms with Crippen LogP contribution in [0.2, 0.25) is 0 Å². The zero-order chi connectivity index (χ0) is 10.4. The van der Waals surface area contributed by atoms with E-state index >= 15 is 0 Å². The van der Waals surface area contributed by atoms with Gasteiger partial charge >= 0.3 is 0 Å². The Bertz CT molecular complexity index is 315. The highest BCUT2D eigenvalue weighted by atomic mass is 16.5. The van der Waals surface area contributed by atoms with Gasteiger partial charge < -0.3 is 9.64 Å². The van der Waals surface area contributed by atoms with E-state index in [1.54, 1.807) is 0 Å². The molecule has 1 aromatic rings. The maximum Gasteiger partial charge on any atom is 0.232 e. The Morgan fingerprint density at radius 2 is 2.21 bits per heavy atom. The highest BCUT2D eigenvalue weighted by Gasteiger charge is 1.97. The molecule has 74 valence electrons. The standard InChI is InChI=1S/C9H12N4O/c1-13(2)3-4-14-9-7-11-8(5-10)6-12-9/h6-7H,3-4H2,1-2H3. The summed E-state index contributed by atoms with van der Waals surface area (Å²) >= 11 is 0. The Morgan fingerprint density at radius 1 is 1.43 bits per heavy atom. The first-order chi connectivity index (χ1) is 6.72. The lowest BCUT2D eigenvalue weighted by molar-refractivity contribution is 0.253. The van der Waals surface area contributed by atoms with E-state index in [1.807, 2.05) is 25.1 Å². The third-order valence-corrected chi connectivity index (χ3v) is 1.53. The Balaban J connectivity index is 2.41. The molecule has 0 amide bonds. The van der Waals surface area contributed by atoms with Crippen molar-refractivity contribution in [1.29, 1.82) is 5.26 Å². The Hall–Kier alpha value is -1.67. The maximum absolute atomic E-state index is 8.48. The molecule has 0 aliphatic carbocycles. The summed E-state index contributed by atoms with van der Waals surface area (Å²) in [6, 6.07) is 1.89. The van der Waals surface area contributed by atoms with E-state index in [1.165, 1.54) is 12.4 Å². The molecule has 0 aromatic carbocycles. The summed E-state index contributed by atoms with van der Waals surface area (Å²) in [5, 5.41) is 8.48. The van der Waals surface area contributed by atoms with Crippen LogP contribution in [0.4, 0.5) is 0 Å². The largest absolute Gasteiger partial charge is 0.475 e. The molecule has 0 radical (unpaired) electrons. The zero-order valence-corrected chi connectivity index (χ0v) is 8.27. The minimum Gasteiger partial charge on any atom is -0.475 e. The van der Waals surface area contributed by atoms with Gasteiger partial charge in [0, 0.05) is 6.54 Å². The second-order valence-corrected chi connectivity index (χ2v) is 3.00. The molecule has 0 aliphatic heterocycles. The summed E-state index contributed by atoms with van der Waals surface area (Å²) in [4.78, 5) is 9.76. The molecule has 0 saturated carbocycles. The molecule has 5 nitrogen and oxygen atoms in total. The molecule has 0 atom stereocenters. The molecule has 0 bridgehead atoms. The number of hydrogen-bond acceptors (Lipinski definition) is 5. The molecular weight excluding hydrogens is 180 g/mol. The molecule has 0 N–H and O–H groups in total. The number of likely N-dealkylation sites (N-methyl/N-ethyl adjacent to an activating group) is 1. The van der Waals surface area contributed by atoms with Crippen molar-refractivity contribution >= 4 is 0 Å². The first-order valence-corrected chi connectivity index (χ1v) is 4.22. The first-order valence-electron chi connectivity index (χ1n) is 4.22. The second-order valence-electron chi connectivity index (χ2n) is 3.00. The lowest BCUT2D eigenvalue weighted by Gasteiger charge is -2.09. The summed E-state index contributed by atoms with van der Waals surface area (Å²) in [6.07, 6.45) is 2.85. The van der Waals surface area contributed by atoms with Crippen LogP contribution in [0.1, 0.15) is 5.69 Å². The van der Waals surface area contributed by atoms with Gasteiger partial charge in [0.15, 0.2) is 5.69 Å². The summed E-state index contributed by atoms with van der Waals surface area (Å²) in [5.41, 5.74) is 0.296. The molecule has 1 rings (SSSR count). The Kier molecular flexibility index (Phi) is 3.83. The molecule has 0 unspecified atom stereocenters. The van der Waals surface area contributed by atoms with E-state index in [9.17, 15) is 0 Å². The average molecular weight is 192 g/mol. The highest BCUT2D eigenvalue weighted by molar-refractivity contribution is 5.18. The van der Waals surface area contributed by atoms with Crippen molar-refractivity contribution in [3.63, 3.8) is 0 Å². The predicted molar refractivity (Wildman–Crippen MR) is 50.8 cm³/mol. The van der Waals surface area contributed by atoms with Gasteiger partial charge in [-0.3, -0.25) is 0 Å². The quantitative estimate of drug-likeness (QED) is 0.686. The monoisotopic (exact) mass is 192 g/mol. The Morgan fingerprint density at radius 3 is 2.71 bits per heavy atom. The predicted octanol–water partition coefficient (Wildman–Crippen LogP) is 0.289. The Labute approximate surface area is 83.0 Å². The summed E-state index contributed by atoms with van der Waals surface area (Å²) in [6.45, 7) is 1.38. The lowest BCUT2D eigenvalue weighted by Crippen LogP contribution is -2.19. The molecule has 1 aromatic heterocycles. The van der Waals surface area contributed by atoms with Crippen LogP contribution in [0.15, 0.2) is 12.4 Å². The van der Waals surface area contributed by atoms with Gasteiger partial charge in [-0.15, -0.1) is 0 Å². The van der Waals surface area contributed by atoms with Crippen LogP contribution in [0.25, 0.3) is 0 Å². The number of rotatable bonds is 4. The summed E-state index contributed by atoms with van der Waals surface area (Å²) in [5.74, 6) is 0.450. The van der Waals surface area contributed by atoms with Gasteiger partial charge in [0.25, 0.3) is 0 Å². The lowest BCUT2D eigenvalue weighted by atomic mass is 10.5. The van der Waals surface area contributed by atoms with Crippen LogP contribution < -0.4 is 4.74 Å². The summed E-state index contributed by atoms with van der Waals surface area (Å²) in [7, 11) is 3.93. The van der Waals surface area contributed by atoms with Gasteiger partial charge in [-0.1, -0.05) is 0 Å². The molecule has 0 fully saturated rings. The van der Waals surface area contributed by atoms with Crippen molar-refractivity contribution in [3.05, 3.63) is 18.1 Å². The van der Waals surface area contributed by atoms with Gasteiger partial charge in [0.1, 0.15) is 12.7 Å². The fourth-order valence-corrected chi connectivity index (χ4v) is 0.781. The van der Waals surface area contributed by atoms with Crippen LogP contribution in [0.5, 0.6) is 5.88 Å². The van der Waals surface area contributed by atoms with Crippen LogP contribution >= 0.6 is 0 Å². The molecule has 0 aliphatic rings. The molecule has 1 heterocycles. The van der Waals surface area contributed by atoms with Crippen molar-refractivity contribution in [3.8, 4) is 11.9 Å². The van der Waals surface area contributed by atoms with E-state index in [2.05, 4.69) is 9.97 Å². The number of aromatic nitrogens is 2. The minimum atomic E-state index is 0.296. The topological polar surface area (TPSA) is 62.0 Å². The summed E-state index contributed by atoms with van der Waals surface area (Å²) < 4.78 is 5.29. The smallest absolute Gasteiger partial charge is 0.232 e. The van der Waals surface area contributed by atoms with Gasteiger partial charge in [0.2, 0.25) is 5.88 Å². The third kappa shape index (κ3) is 3.37. The van der Waals surface area contributed by atoms with Gasteiger partial charge in [0.05, 0.1) is 12.4 Å². The molecule has 0 spiro atoms. The van der Waals surface area contributed by atoms with Crippen molar-refractivity contribution in [2.24, 2.45) is 0 Å². The van der Waals surface area contributed by atoms with E-state index in [0.29, 0.717) is 18.2 Å². The van der Waals surface area contributed by atoms with E-state index in [-0.39, 0.29) is 0 Å². The van der Waals surface area contributed by atoms with Crippen molar-refractivity contribution in [2.75, 3.05) is 27.2 Å². The zero-order valence-electron chi connectivity index (χ0n) is 8.27. The van der Waals surface area contributed by atoms with Crippen LogP contribution in [-0.4, -0.2) is 42.1 Å². The number of nitrogens with zero attached hydrogens (tertiary/aromatic N) is 4. The highest BCUT2D eigenvalue weighted by Crippen LogP contribution is 2.02. The van der Waals surface area contributed by atoms with Crippen molar-refractivity contribution < 1.29 is 4.74 Å². The second kappa shape index (κ2) is 5.14. The van der Waals surface area contributed by atoms with Crippen molar-refractivity contribution in [2.45, 2.75) is 0 Å². The van der Waals surface area contributed by atoms with Crippen LogP contribution in [-0.2, 0) is 0 Å². The fraction of sp³-hybridized carbons (Fsp3) is 0.444. The fourth-order valence-electron chi connectivity index (χ4n) is 0.781. The van der Waals surface area contributed by atoms with Crippen LogP contribution in [0, 0.1) is 11.3 Å². The number of nitriles is 1. The number of hydrogen-bond donors (Lipinski definition) is 0. The molecule has 0 saturated heterocycles. The molecule has 14 heavy (non-hydrogen) atoms.